The molecule has 0 bridgehead atoms. The number of methoxy groups -OCH3 is 1. The van der Waals surface area contributed by atoms with Crippen molar-refractivity contribution in [2.75, 3.05) is 20.2 Å². The van der Waals surface area contributed by atoms with E-state index in [2.05, 4.69) is 10.6 Å². The van der Waals surface area contributed by atoms with Gasteiger partial charge in [0.05, 0.1) is 20.1 Å². The number of carbonyl (C=O) groups is 2. The van der Waals surface area contributed by atoms with Gasteiger partial charge in [0.15, 0.2) is 0 Å². The molecule has 0 unspecified atom stereocenters. The number of nitrogens with one attached hydrogen (secondary N) is 2. The summed E-state index contributed by atoms with van der Waals surface area (Å²) in [7, 11) is 1.62. The van der Waals surface area contributed by atoms with Crippen LogP contribution >= 0.6 is 0 Å². The fourth-order valence-corrected chi connectivity index (χ4v) is 2.26. The lowest BCUT2D eigenvalue weighted by atomic mass is 10.1. The largest absolute Gasteiger partial charge is 0.497 e. The molecule has 2 N–H and O–H groups in total. The minimum absolute atomic E-state index is 0.0101. The van der Waals surface area contributed by atoms with E-state index in [4.69, 9.17) is 4.74 Å². The summed E-state index contributed by atoms with van der Waals surface area (Å²) < 4.78 is 5.16. The highest BCUT2D eigenvalue weighted by molar-refractivity contribution is 5.85. The van der Waals surface area contributed by atoms with Crippen LogP contribution in [0.3, 0.4) is 0 Å². The van der Waals surface area contributed by atoms with Crippen LogP contribution < -0.4 is 15.4 Å². The van der Waals surface area contributed by atoms with E-state index in [1.54, 1.807) is 7.11 Å². The number of carbonyl (C=O) groups excluding carboxylic acids is 2. The number of amides is 2. The molecule has 2 amide bonds. The van der Waals surface area contributed by atoms with Gasteiger partial charge >= 0.3 is 0 Å². The SMILES string of the molecule is COc1cccc(CCNC(=O)CNC(=O)Cc2ccccc2)c1. The summed E-state index contributed by atoms with van der Waals surface area (Å²) in [5.41, 5.74) is 2.01. The Kier molecular flexibility index (Phi) is 6.83. The van der Waals surface area contributed by atoms with Crippen molar-refractivity contribution in [1.82, 2.24) is 10.6 Å². The first-order valence-corrected chi connectivity index (χ1v) is 7.87. The summed E-state index contributed by atoms with van der Waals surface area (Å²) in [6.07, 6.45) is 0.985. The molecule has 0 heterocycles. The van der Waals surface area contributed by atoms with Crippen LogP contribution in [0.2, 0.25) is 0 Å². The zero-order valence-corrected chi connectivity index (χ0v) is 13.7. The zero-order chi connectivity index (χ0) is 17.2. The summed E-state index contributed by atoms with van der Waals surface area (Å²) >= 11 is 0. The second-order valence-electron chi connectivity index (χ2n) is 5.39. The van der Waals surface area contributed by atoms with Crippen LogP contribution in [-0.2, 0) is 22.4 Å². The van der Waals surface area contributed by atoms with Crippen molar-refractivity contribution in [2.24, 2.45) is 0 Å². The zero-order valence-electron chi connectivity index (χ0n) is 13.7. The number of benzene rings is 2. The monoisotopic (exact) mass is 326 g/mol. The summed E-state index contributed by atoms with van der Waals surface area (Å²) in [6, 6.07) is 17.1. The molecule has 0 radical (unpaired) electrons. The summed E-state index contributed by atoms with van der Waals surface area (Å²) in [6.45, 7) is 0.504. The van der Waals surface area contributed by atoms with E-state index in [1.807, 2.05) is 54.6 Å². The number of ether oxygens (including phenoxy) is 1. The van der Waals surface area contributed by atoms with Gasteiger partial charge in [0.25, 0.3) is 0 Å². The Bertz CT molecular complexity index is 671. The molecule has 0 spiro atoms. The van der Waals surface area contributed by atoms with Crippen molar-refractivity contribution >= 4 is 11.8 Å². The fraction of sp³-hybridized carbons (Fsp3) is 0.263. The molecule has 126 valence electrons. The maximum Gasteiger partial charge on any atom is 0.239 e. The lowest BCUT2D eigenvalue weighted by Gasteiger charge is -2.08. The Balaban J connectivity index is 1.65. The van der Waals surface area contributed by atoms with E-state index in [-0.39, 0.29) is 24.8 Å². The molecule has 2 aromatic carbocycles. The van der Waals surface area contributed by atoms with E-state index in [0.29, 0.717) is 13.0 Å². The molecular formula is C19H22N2O3. The Hall–Kier alpha value is -2.82. The van der Waals surface area contributed by atoms with Gasteiger partial charge in [0, 0.05) is 6.54 Å². The molecule has 0 aliphatic rings. The summed E-state index contributed by atoms with van der Waals surface area (Å²) in [5, 5.41) is 5.42. The molecule has 0 aliphatic carbocycles. The fourth-order valence-electron chi connectivity index (χ4n) is 2.26. The second kappa shape index (κ2) is 9.35. The Morgan fingerprint density at radius 2 is 1.67 bits per heavy atom. The van der Waals surface area contributed by atoms with Crippen LogP contribution in [0.5, 0.6) is 5.75 Å². The number of hydrogen-bond acceptors (Lipinski definition) is 3. The normalized spacial score (nSPS) is 10.0. The van der Waals surface area contributed by atoms with Gasteiger partial charge in [0.1, 0.15) is 5.75 Å². The molecule has 0 aromatic heterocycles. The predicted octanol–water partition coefficient (Wildman–Crippen LogP) is 1.71. The molecule has 0 fully saturated rings. The molecule has 0 saturated carbocycles. The van der Waals surface area contributed by atoms with E-state index in [0.717, 1.165) is 16.9 Å². The predicted molar refractivity (Wildman–Crippen MR) is 92.9 cm³/mol. The molecule has 24 heavy (non-hydrogen) atoms. The van der Waals surface area contributed by atoms with Crippen molar-refractivity contribution in [3.63, 3.8) is 0 Å². The van der Waals surface area contributed by atoms with Crippen molar-refractivity contribution in [3.8, 4) is 5.75 Å². The van der Waals surface area contributed by atoms with Crippen LogP contribution in [0.15, 0.2) is 54.6 Å². The highest BCUT2D eigenvalue weighted by atomic mass is 16.5. The Morgan fingerprint density at radius 3 is 2.42 bits per heavy atom. The lowest BCUT2D eigenvalue weighted by Crippen LogP contribution is -2.38. The van der Waals surface area contributed by atoms with Gasteiger partial charge in [-0.15, -0.1) is 0 Å². The van der Waals surface area contributed by atoms with Crippen LogP contribution in [0.1, 0.15) is 11.1 Å². The molecular weight excluding hydrogens is 304 g/mol. The minimum atomic E-state index is -0.195. The first-order chi connectivity index (χ1) is 11.7. The van der Waals surface area contributed by atoms with Crippen molar-refractivity contribution in [3.05, 3.63) is 65.7 Å². The van der Waals surface area contributed by atoms with E-state index in [9.17, 15) is 9.59 Å². The van der Waals surface area contributed by atoms with Gasteiger partial charge in [-0.25, -0.2) is 0 Å². The molecule has 2 aromatic rings. The third-order valence-corrected chi connectivity index (χ3v) is 3.52. The maximum atomic E-state index is 11.8. The van der Waals surface area contributed by atoms with Crippen LogP contribution in [-0.4, -0.2) is 32.0 Å². The summed E-state index contributed by atoms with van der Waals surface area (Å²) in [5.74, 6) is 0.440. The van der Waals surface area contributed by atoms with Crippen molar-refractivity contribution in [1.29, 1.82) is 0 Å². The van der Waals surface area contributed by atoms with Gasteiger partial charge in [0.2, 0.25) is 11.8 Å². The van der Waals surface area contributed by atoms with E-state index in [1.165, 1.54) is 0 Å². The third kappa shape index (κ3) is 6.12. The number of rotatable bonds is 8. The van der Waals surface area contributed by atoms with E-state index < -0.39 is 0 Å². The highest BCUT2D eigenvalue weighted by Crippen LogP contribution is 2.12. The molecule has 0 aliphatic heterocycles. The van der Waals surface area contributed by atoms with E-state index >= 15 is 0 Å². The van der Waals surface area contributed by atoms with Gasteiger partial charge < -0.3 is 15.4 Å². The lowest BCUT2D eigenvalue weighted by molar-refractivity contribution is -0.125. The maximum absolute atomic E-state index is 11.8. The average Bonchev–Trinajstić information content (AvgIpc) is 2.61. The quantitative estimate of drug-likeness (QED) is 0.776. The first kappa shape index (κ1) is 17.5. The summed E-state index contributed by atoms with van der Waals surface area (Å²) in [4.78, 5) is 23.5. The molecule has 0 atom stereocenters. The van der Waals surface area contributed by atoms with Crippen molar-refractivity contribution < 1.29 is 14.3 Å². The number of hydrogen-bond donors (Lipinski definition) is 2. The minimum Gasteiger partial charge on any atom is -0.497 e. The topological polar surface area (TPSA) is 67.4 Å². The van der Waals surface area contributed by atoms with Crippen LogP contribution in [0, 0.1) is 0 Å². The first-order valence-electron chi connectivity index (χ1n) is 7.87. The Labute approximate surface area is 142 Å². The Morgan fingerprint density at radius 1 is 0.917 bits per heavy atom. The molecule has 0 saturated heterocycles. The molecule has 5 heteroatoms. The standard InChI is InChI=1S/C19H22N2O3/c1-24-17-9-5-8-16(12-17)10-11-20-19(23)14-21-18(22)13-15-6-3-2-4-7-15/h2-9,12H,10-11,13-14H2,1H3,(H,20,23)(H,21,22). The second-order valence-corrected chi connectivity index (χ2v) is 5.39. The smallest absolute Gasteiger partial charge is 0.239 e. The average molecular weight is 326 g/mol. The van der Waals surface area contributed by atoms with Crippen LogP contribution in [0.4, 0.5) is 0 Å². The van der Waals surface area contributed by atoms with Gasteiger partial charge in [-0.2, -0.15) is 0 Å². The van der Waals surface area contributed by atoms with Crippen LogP contribution in [0.25, 0.3) is 0 Å². The highest BCUT2D eigenvalue weighted by Gasteiger charge is 2.06. The third-order valence-electron chi connectivity index (χ3n) is 3.52. The van der Waals surface area contributed by atoms with Gasteiger partial charge in [-0.3, -0.25) is 9.59 Å². The van der Waals surface area contributed by atoms with Gasteiger partial charge in [-0.05, 0) is 29.7 Å². The van der Waals surface area contributed by atoms with Gasteiger partial charge in [-0.1, -0.05) is 42.5 Å². The molecule has 2 rings (SSSR count). The molecule has 5 nitrogen and oxygen atoms in total. The van der Waals surface area contributed by atoms with Crippen molar-refractivity contribution in [2.45, 2.75) is 12.8 Å².